The van der Waals surface area contributed by atoms with Crippen LogP contribution in [-0.4, -0.2) is 9.55 Å². The Balaban J connectivity index is 2.15. The summed E-state index contributed by atoms with van der Waals surface area (Å²) in [7, 11) is 0. The topological polar surface area (TPSA) is 72.9 Å². The number of para-hydroxylation sites is 1. The van der Waals surface area contributed by atoms with Crippen LogP contribution < -0.4 is 16.8 Å². The van der Waals surface area contributed by atoms with Gasteiger partial charge in [-0.1, -0.05) is 24.3 Å². The van der Waals surface area contributed by atoms with Gasteiger partial charge in [-0.3, -0.25) is 4.79 Å². The van der Waals surface area contributed by atoms with Gasteiger partial charge >= 0.3 is 0 Å². The summed E-state index contributed by atoms with van der Waals surface area (Å²) in [5, 5.41) is 1.03. The molecule has 0 aliphatic rings. The normalized spacial score (nSPS) is 10.7. The van der Waals surface area contributed by atoms with Crippen molar-refractivity contribution in [1.29, 1.82) is 0 Å². The minimum Gasteiger partial charge on any atom is -0.308 e. The van der Waals surface area contributed by atoms with Crippen molar-refractivity contribution in [3.63, 3.8) is 0 Å². The maximum absolute atomic E-state index is 12.1. The molecule has 5 nitrogen and oxygen atoms in total. The summed E-state index contributed by atoms with van der Waals surface area (Å²) in [6.07, 6.45) is 1.66. The molecule has 0 bridgehead atoms. The Morgan fingerprint density at radius 2 is 1.95 bits per heavy atom. The van der Waals surface area contributed by atoms with Crippen molar-refractivity contribution in [2.75, 3.05) is 5.43 Å². The van der Waals surface area contributed by atoms with Crippen molar-refractivity contribution >= 4 is 16.7 Å². The summed E-state index contributed by atoms with van der Waals surface area (Å²) in [6, 6.07) is 14.9. The lowest BCUT2D eigenvalue weighted by atomic mass is 10.2. The number of rotatable bonds is 3. The van der Waals surface area contributed by atoms with Gasteiger partial charge in [0.05, 0.1) is 12.1 Å². The SMILES string of the molecule is NNc1ncccc1Cn1c(=O)ccc2ccccc21. The van der Waals surface area contributed by atoms with Gasteiger partial charge in [0.2, 0.25) is 0 Å². The van der Waals surface area contributed by atoms with Crippen LogP contribution in [0.25, 0.3) is 10.9 Å². The molecule has 0 amide bonds. The largest absolute Gasteiger partial charge is 0.308 e. The highest BCUT2D eigenvalue weighted by Crippen LogP contribution is 2.15. The number of nitrogens with one attached hydrogen (secondary N) is 1. The van der Waals surface area contributed by atoms with E-state index in [2.05, 4.69) is 10.4 Å². The average molecular weight is 266 g/mol. The Morgan fingerprint density at radius 3 is 2.80 bits per heavy atom. The zero-order chi connectivity index (χ0) is 13.9. The standard InChI is InChI=1S/C15H14N4O/c16-18-15-12(5-3-9-17-15)10-19-13-6-2-1-4-11(13)7-8-14(19)20/h1-9H,10,16H2,(H,17,18). The van der Waals surface area contributed by atoms with Gasteiger partial charge < -0.3 is 9.99 Å². The van der Waals surface area contributed by atoms with Crippen molar-refractivity contribution in [2.45, 2.75) is 6.54 Å². The van der Waals surface area contributed by atoms with E-state index in [1.54, 1.807) is 16.8 Å². The van der Waals surface area contributed by atoms with E-state index in [0.717, 1.165) is 16.5 Å². The van der Waals surface area contributed by atoms with Gasteiger partial charge in [-0.25, -0.2) is 10.8 Å². The molecule has 0 aliphatic heterocycles. The zero-order valence-electron chi connectivity index (χ0n) is 10.8. The Hall–Kier alpha value is -2.66. The quantitative estimate of drug-likeness (QED) is 0.559. The van der Waals surface area contributed by atoms with E-state index in [1.165, 1.54) is 0 Å². The van der Waals surface area contributed by atoms with E-state index in [4.69, 9.17) is 5.84 Å². The first-order valence-electron chi connectivity index (χ1n) is 6.28. The fourth-order valence-electron chi connectivity index (χ4n) is 2.27. The van der Waals surface area contributed by atoms with Crippen molar-refractivity contribution in [3.8, 4) is 0 Å². The molecule has 3 N–H and O–H groups in total. The fraction of sp³-hybridized carbons (Fsp3) is 0.0667. The van der Waals surface area contributed by atoms with E-state index in [-0.39, 0.29) is 5.56 Å². The summed E-state index contributed by atoms with van der Waals surface area (Å²) < 4.78 is 1.72. The summed E-state index contributed by atoms with van der Waals surface area (Å²) in [5.74, 6) is 6.03. The first kappa shape index (κ1) is 12.4. The monoisotopic (exact) mass is 266 g/mol. The third kappa shape index (κ3) is 2.15. The van der Waals surface area contributed by atoms with Crippen LogP contribution in [0.3, 0.4) is 0 Å². The molecule has 100 valence electrons. The van der Waals surface area contributed by atoms with Crippen LogP contribution in [0.4, 0.5) is 5.82 Å². The highest BCUT2D eigenvalue weighted by atomic mass is 16.1. The molecule has 0 spiro atoms. The number of hydrogen-bond acceptors (Lipinski definition) is 4. The second-order valence-corrected chi connectivity index (χ2v) is 4.47. The minimum atomic E-state index is -0.0458. The summed E-state index contributed by atoms with van der Waals surface area (Å²) in [6.45, 7) is 0.424. The van der Waals surface area contributed by atoms with Crippen molar-refractivity contribution in [3.05, 3.63) is 70.6 Å². The molecule has 2 aromatic heterocycles. The van der Waals surface area contributed by atoms with Crippen LogP contribution >= 0.6 is 0 Å². The minimum absolute atomic E-state index is 0.0458. The summed E-state index contributed by atoms with van der Waals surface area (Å²) in [4.78, 5) is 16.3. The molecule has 3 rings (SSSR count). The number of fused-ring (bicyclic) bond motifs is 1. The van der Waals surface area contributed by atoms with E-state index in [0.29, 0.717) is 12.4 Å². The highest BCUT2D eigenvalue weighted by Gasteiger charge is 2.07. The Morgan fingerprint density at radius 1 is 1.10 bits per heavy atom. The second kappa shape index (κ2) is 5.14. The molecule has 2 heterocycles. The fourth-order valence-corrected chi connectivity index (χ4v) is 2.27. The first-order chi connectivity index (χ1) is 9.79. The lowest BCUT2D eigenvalue weighted by Crippen LogP contribution is -2.21. The first-order valence-corrected chi connectivity index (χ1v) is 6.28. The smallest absolute Gasteiger partial charge is 0.251 e. The van der Waals surface area contributed by atoms with Gasteiger partial charge in [-0.2, -0.15) is 0 Å². The number of hydrogen-bond donors (Lipinski definition) is 2. The van der Waals surface area contributed by atoms with Crippen LogP contribution in [0, 0.1) is 0 Å². The highest BCUT2D eigenvalue weighted by molar-refractivity contribution is 5.78. The maximum atomic E-state index is 12.1. The van der Waals surface area contributed by atoms with Crippen LogP contribution in [0.1, 0.15) is 5.56 Å². The maximum Gasteiger partial charge on any atom is 0.251 e. The van der Waals surface area contributed by atoms with E-state index in [1.807, 2.05) is 42.5 Å². The third-order valence-corrected chi connectivity index (χ3v) is 3.26. The molecule has 0 unspecified atom stereocenters. The average Bonchev–Trinajstić information content (AvgIpc) is 2.50. The molecular weight excluding hydrogens is 252 g/mol. The molecule has 3 aromatic rings. The van der Waals surface area contributed by atoms with Gasteiger partial charge in [0, 0.05) is 17.8 Å². The van der Waals surface area contributed by atoms with Crippen molar-refractivity contribution in [1.82, 2.24) is 9.55 Å². The number of nitrogens with zero attached hydrogens (tertiary/aromatic N) is 2. The van der Waals surface area contributed by atoms with E-state index in [9.17, 15) is 4.79 Å². The molecule has 1 aromatic carbocycles. The number of benzene rings is 1. The van der Waals surface area contributed by atoms with E-state index < -0.39 is 0 Å². The molecule has 5 heteroatoms. The molecule has 0 atom stereocenters. The molecule has 0 saturated heterocycles. The van der Waals surface area contributed by atoms with Crippen LogP contribution in [0.5, 0.6) is 0 Å². The van der Waals surface area contributed by atoms with Crippen LogP contribution in [0.15, 0.2) is 59.5 Å². The van der Waals surface area contributed by atoms with Crippen molar-refractivity contribution in [2.24, 2.45) is 5.84 Å². The van der Waals surface area contributed by atoms with E-state index >= 15 is 0 Å². The van der Waals surface area contributed by atoms with Crippen LogP contribution in [0.2, 0.25) is 0 Å². The van der Waals surface area contributed by atoms with Gasteiger partial charge in [-0.05, 0) is 23.6 Å². The predicted octanol–water partition coefficient (Wildman–Crippen LogP) is 1.73. The van der Waals surface area contributed by atoms with Crippen LogP contribution in [-0.2, 0) is 6.54 Å². The predicted molar refractivity (Wildman–Crippen MR) is 79.4 cm³/mol. The van der Waals surface area contributed by atoms with Gasteiger partial charge in [0.1, 0.15) is 5.82 Å². The number of pyridine rings is 2. The lowest BCUT2D eigenvalue weighted by Gasteiger charge is -2.12. The number of anilines is 1. The number of aromatic nitrogens is 2. The second-order valence-electron chi connectivity index (χ2n) is 4.47. The zero-order valence-corrected chi connectivity index (χ0v) is 10.8. The Kier molecular flexibility index (Phi) is 3.18. The van der Waals surface area contributed by atoms with Gasteiger partial charge in [0.25, 0.3) is 5.56 Å². The Bertz CT molecular complexity index is 810. The molecule has 20 heavy (non-hydrogen) atoms. The Labute approximate surface area is 115 Å². The number of nitrogens with two attached hydrogens (primary N) is 1. The lowest BCUT2D eigenvalue weighted by molar-refractivity contribution is 0.791. The summed E-state index contributed by atoms with van der Waals surface area (Å²) in [5.41, 5.74) is 4.28. The van der Waals surface area contributed by atoms with Crippen molar-refractivity contribution < 1.29 is 0 Å². The molecule has 0 fully saturated rings. The summed E-state index contributed by atoms with van der Waals surface area (Å²) >= 11 is 0. The van der Waals surface area contributed by atoms with Gasteiger partial charge in [0.15, 0.2) is 0 Å². The van der Waals surface area contributed by atoms with Gasteiger partial charge in [-0.15, -0.1) is 0 Å². The molecular formula is C15H14N4O. The number of nitrogen functional groups attached to an aromatic ring is 1. The third-order valence-electron chi connectivity index (χ3n) is 3.26. The molecule has 0 radical (unpaired) electrons. The molecule has 0 saturated carbocycles. The number of hydrazine groups is 1. The molecule has 0 aliphatic carbocycles.